The Morgan fingerprint density at radius 1 is 1.33 bits per heavy atom. The van der Waals surface area contributed by atoms with E-state index >= 15 is 0 Å². The Balaban J connectivity index is 3.60. The third kappa shape index (κ3) is 8.24. The Hall–Kier alpha value is -0.770. The highest BCUT2D eigenvalue weighted by atomic mass is 35.5. The average Bonchev–Trinajstić information content (AvgIpc) is 2.10. The van der Waals surface area contributed by atoms with E-state index in [-0.39, 0.29) is 5.38 Å². The van der Waals surface area contributed by atoms with Gasteiger partial charge in [0.05, 0.1) is 6.61 Å². The molecule has 0 fully saturated rings. The van der Waals surface area contributed by atoms with Gasteiger partial charge in [-0.2, -0.15) is 0 Å². The first-order valence-corrected chi connectivity index (χ1v) is 5.35. The number of esters is 2. The van der Waals surface area contributed by atoms with Gasteiger partial charge in [-0.1, -0.05) is 0 Å². The molecule has 88 valence electrons. The van der Waals surface area contributed by atoms with Crippen LogP contribution in [0, 0.1) is 0 Å². The number of hydrogen-bond donors (Lipinski definition) is 0. The lowest BCUT2D eigenvalue weighted by molar-refractivity contribution is -0.165. The van der Waals surface area contributed by atoms with Crippen molar-refractivity contribution in [3.63, 3.8) is 0 Å². The summed E-state index contributed by atoms with van der Waals surface area (Å²) >= 11 is 5.71. The van der Waals surface area contributed by atoms with E-state index in [4.69, 9.17) is 16.3 Å². The van der Waals surface area contributed by atoms with Crippen molar-refractivity contribution in [3.8, 4) is 0 Å². The second-order valence-electron chi connectivity index (χ2n) is 3.34. The van der Waals surface area contributed by atoms with E-state index in [9.17, 15) is 9.59 Å². The fourth-order valence-electron chi connectivity index (χ4n) is 0.952. The number of carbonyl (C=O) groups excluding carboxylic acids is 2. The van der Waals surface area contributed by atoms with Gasteiger partial charge in [0.2, 0.25) is 0 Å². The minimum absolute atomic E-state index is 0.0783. The monoisotopic (exact) mass is 236 g/mol. The highest BCUT2D eigenvalue weighted by molar-refractivity contribution is 6.20. The number of hydrogen-bond acceptors (Lipinski definition) is 4. The second kappa shape index (κ2) is 7.51. The fourth-order valence-corrected chi connectivity index (χ4v) is 1.11. The molecule has 0 aromatic carbocycles. The smallest absolute Gasteiger partial charge is 0.347 e. The Bertz CT molecular complexity index is 215. The van der Waals surface area contributed by atoms with Crippen LogP contribution in [0.3, 0.4) is 0 Å². The molecule has 0 aromatic heterocycles. The van der Waals surface area contributed by atoms with Crippen molar-refractivity contribution in [2.24, 2.45) is 0 Å². The summed E-state index contributed by atoms with van der Waals surface area (Å²) in [7, 11) is 0. The number of ether oxygens (including phenoxy) is 2. The minimum Gasteiger partial charge on any atom is -0.463 e. The molecule has 5 heteroatoms. The molecule has 0 rings (SSSR count). The van der Waals surface area contributed by atoms with Gasteiger partial charge in [0.15, 0.2) is 6.10 Å². The minimum atomic E-state index is -0.837. The quantitative estimate of drug-likeness (QED) is 0.402. The molecule has 4 nitrogen and oxygen atoms in total. The molecule has 2 unspecified atom stereocenters. The van der Waals surface area contributed by atoms with Gasteiger partial charge in [-0.25, -0.2) is 4.79 Å². The summed E-state index contributed by atoms with van der Waals surface area (Å²) in [6.07, 6.45) is 0.663. The van der Waals surface area contributed by atoms with E-state index in [1.807, 2.05) is 6.92 Å². The first-order valence-electron chi connectivity index (χ1n) is 4.91. The van der Waals surface area contributed by atoms with E-state index < -0.39 is 18.0 Å². The number of alkyl halides is 1. The van der Waals surface area contributed by atoms with Crippen molar-refractivity contribution in [2.45, 2.75) is 45.1 Å². The van der Waals surface area contributed by atoms with Gasteiger partial charge in [0.1, 0.15) is 0 Å². The summed E-state index contributed by atoms with van der Waals surface area (Å²) in [5.41, 5.74) is 0. The van der Waals surface area contributed by atoms with E-state index in [1.165, 1.54) is 13.8 Å². The molecule has 0 aliphatic rings. The van der Waals surface area contributed by atoms with Crippen LogP contribution in [0.15, 0.2) is 0 Å². The molecule has 0 spiro atoms. The van der Waals surface area contributed by atoms with Crippen LogP contribution in [-0.2, 0) is 19.1 Å². The molecular weight excluding hydrogens is 220 g/mol. The van der Waals surface area contributed by atoms with Gasteiger partial charge in [-0.15, -0.1) is 11.6 Å². The molecule has 0 N–H and O–H groups in total. The lowest BCUT2D eigenvalue weighted by Gasteiger charge is -2.11. The van der Waals surface area contributed by atoms with Gasteiger partial charge in [0.25, 0.3) is 0 Å². The summed E-state index contributed by atoms with van der Waals surface area (Å²) in [6, 6.07) is 0. The van der Waals surface area contributed by atoms with Crippen LogP contribution < -0.4 is 0 Å². The topological polar surface area (TPSA) is 52.6 Å². The third-order valence-electron chi connectivity index (χ3n) is 1.67. The molecule has 2 atom stereocenters. The Labute approximate surface area is 94.9 Å². The highest BCUT2D eigenvalue weighted by Crippen LogP contribution is 2.04. The van der Waals surface area contributed by atoms with E-state index in [0.29, 0.717) is 13.0 Å². The van der Waals surface area contributed by atoms with Crippen LogP contribution in [-0.4, -0.2) is 30.0 Å². The van der Waals surface area contributed by atoms with Crippen molar-refractivity contribution in [3.05, 3.63) is 0 Å². The van der Waals surface area contributed by atoms with E-state index in [1.54, 1.807) is 0 Å². The largest absolute Gasteiger partial charge is 0.463 e. The van der Waals surface area contributed by atoms with Crippen molar-refractivity contribution in [1.29, 1.82) is 0 Å². The molecular formula is C10H17ClO4. The fraction of sp³-hybridized carbons (Fsp3) is 0.800. The summed E-state index contributed by atoms with van der Waals surface area (Å²) in [5, 5.41) is 0.0783. The molecule has 0 aliphatic carbocycles. The maximum atomic E-state index is 11.2. The van der Waals surface area contributed by atoms with Crippen LogP contribution in [0.1, 0.15) is 33.6 Å². The summed E-state index contributed by atoms with van der Waals surface area (Å²) < 4.78 is 9.53. The maximum absolute atomic E-state index is 11.2. The summed E-state index contributed by atoms with van der Waals surface area (Å²) in [5.74, 6) is -1.01. The number of rotatable bonds is 6. The van der Waals surface area contributed by atoms with Gasteiger partial charge in [0, 0.05) is 12.3 Å². The van der Waals surface area contributed by atoms with Crippen LogP contribution in [0.4, 0.5) is 0 Å². The lowest BCUT2D eigenvalue weighted by Crippen LogP contribution is -2.25. The summed E-state index contributed by atoms with van der Waals surface area (Å²) in [6.45, 7) is 4.92. The molecule has 0 heterocycles. The molecule has 0 aliphatic heterocycles. The molecule has 15 heavy (non-hydrogen) atoms. The molecule has 0 amide bonds. The van der Waals surface area contributed by atoms with Gasteiger partial charge >= 0.3 is 11.9 Å². The molecule has 0 radical (unpaired) electrons. The number of carbonyl (C=O) groups is 2. The van der Waals surface area contributed by atoms with Gasteiger partial charge < -0.3 is 9.47 Å². The molecule has 0 aromatic rings. The normalized spacial score (nSPS) is 14.1. The highest BCUT2D eigenvalue weighted by Gasteiger charge is 2.16. The first-order chi connectivity index (χ1) is 6.93. The Morgan fingerprint density at radius 3 is 2.40 bits per heavy atom. The lowest BCUT2D eigenvalue weighted by atomic mass is 10.2. The first kappa shape index (κ1) is 14.2. The van der Waals surface area contributed by atoms with E-state index in [2.05, 4.69) is 4.74 Å². The average molecular weight is 237 g/mol. The van der Waals surface area contributed by atoms with Crippen molar-refractivity contribution in [1.82, 2.24) is 0 Å². The Kier molecular flexibility index (Phi) is 7.13. The third-order valence-corrected chi connectivity index (χ3v) is 1.88. The van der Waals surface area contributed by atoms with E-state index in [0.717, 1.165) is 6.42 Å². The zero-order valence-electron chi connectivity index (χ0n) is 9.29. The van der Waals surface area contributed by atoms with Crippen LogP contribution in [0.25, 0.3) is 0 Å². The van der Waals surface area contributed by atoms with Crippen LogP contribution in [0.5, 0.6) is 0 Å². The maximum Gasteiger partial charge on any atom is 0.347 e. The zero-order valence-corrected chi connectivity index (χ0v) is 10.0. The van der Waals surface area contributed by atoms with Crippen LogP contribution in [0.2, 0.25) is 0 Å². The Morgan fingerprint density at radius 2 is 1.93 bits per heavy atom. The molecule has 0 bridgehead atoms. The molecule has 0 saturated heterocycles. The van der Waals surface area contributed by atoms with Crippen molar-refractivity contribution < 1.29 is 19.1 Å². The second-order valence-corrected chi connectivity index (χ2v) is 4.09. The number of halogens is 1. The predicted molar refractivity (Wildman–Crippen MR) is 56.7 cm³/mol. The van der Waals surface area contributed by atoms with Gasteiger partial charge in [-0.3, -0.25) is 4.79 Å². The predicted octanol–water partition coefficient (Wildman–Crippen LogP) is 1.89. The summed E-state index contributed by atoms with van der Waals surface area (Å²) in [4.78, 5) is 21.7. The van der Waals surface area contributed by atoms with Crippen LogP contribution >= 0.6 is 11.6 Å². The standard InChI is InChI=1S/C10H17ClO4/c1-7(11)5-4-6-14-10(13)8(2)15-9(3)12/h7-8H,4-6H2,1-3H3. The van der Waals surface area contributed by atoms with Crippen molar-refractivity contribution in [2.75, 3.05) is 6.61 Å². The SMILES string of the molecule is CC(=O)OC(C)C(=O)OCCCC(C)Cl. The van der Waals surface area contributed by atoms with Gasteiger partial charge in [-0.05, 0) is 26.7 Å². The zero-order chi connectivity index (χ0) is 11.8. The van der Waals surface area contributed by atoms with Crippen molar-refractivity contribution >= 4 is 23.5 Å². The molecule has 0 saturated carbocycles.